The predicted octanol–water partition coefficient (Wildman–Crippen LogP) is 4.27. The molecule has 0 fully saturated rings. The summed E-state index contributed by atoms with van der Waals surface area (Å²) < 4.78 is 18.6. The van der Waals surface area contributed by atoms with Crippen molar-refractivity contribution in [2.45, 2.75) is 6.04 Å². The molecule has 1 atom stereocenters. The maximum absolute atomic E-state index is 12.9. The number of furan rings is 1. The number of halogens is 2. The lowest BCUT2D eigenvalue weighted by molar-refractivity contribution is 0.524. The van der Waals surface area contributed by atoms with Gasteiger partial charge in [0.1, 0.15) is 11.6 Å². The molecule has 0 bridgehead atoms. The van der Waals surface area contributed by atoms with E-state index in [1.165, 1.54) is 12.1 Å². The van der Waals surface area contributed by atoms with Gasteiger partial charge in [0.05, 0.1) is 11.1 Å². The summed E-state index contributed by atoms with van der Waals surface area (Å²) in [5, 5.41) is 1.45. The van der Waals surface area contributed by atoms with Crippen molar-refractivity contribution in [1.29, 1.82) is 0 Å². The molecular weight excluding hydrogens is 265 g/mol. The van der Waals surface area contributed by atoms with Gasteiger partial charge >= 0.3 is 0 Å². The number of rotatable bonds is 2. The molecule has 2 N–H and O–H groups in total. The monoisotopic (exact) mass is 275 g/mol. The number of hydrogen-bond acceptors (Lipinski definition) is 2. The van der Waals surface area contributed by atoms with E-state index in [9.17, 15) is 4.39 Å². The van der Waals surface area contributed by atoms with Crippen LogP contribution in [0, 0.1) is 5.82 Å². The summed E-state index contributed by atoms with van der Waals surface area (Å²) in [4.78, 5) is 0. The van der Waals surface area contributed by atoms with Crippen LogP contribution in [0.3, 0.4) is 0 Å². The minimum Gasteiger partial charge on any atom is -0.457 e. The lowest BCUT2D eigenvalue weighted by Crippen LogP contribution is -2.10. The standard InChI is InChI=1S/C15H11ClFNO/c16-12-3-1-2-10-8-13(19-15(10)12)14(18)9-4-6-11(17)7-5-9/h1-8,14H,18H2. The Morgan fingerprint density at radius 2 is 1.84 bits per heavy atom. The summed E-state index contributed by atoms with van der Waals surface area (Å²) in [5.74, 6) is 0.318. The molecule has 0 aliphatic carbocycles. The maximum atomic E-state index is 12.9. The van der Waals surface area contributed by atoms with Crippen molar-refractivity contribution in [3.05, 3.63) is 70.7 Å². The summed E-state index contributed by atoms with van der Waals surface area (Å²) in [6, 6.07) is 13.0. The lowest BCUT2D eigenvalue weighted by Gasteiger charge is -2.08. The molecule has 0 aliphatic heterocycles. The van der Waals surface area contributed by atoms with Gasteiger partial charge in [-0.1, -0.05) is 35.9 Å². The van der Waals surface area contributed by atoms with Gasteiger partial charge < -0.3 is 10.2 Å². The molecule has 1 aromatic heterocycles. The van der Waals surface area contributed by atoms with E-state index in [2.05, 4.69) is 0 Å². The molecule has 4 heteroatoms. The van der Waals surface area contributed by atoms with Crippen LogP contribution in [0.15, 0.2) is 52.9 Å². The summed E-state index contributed by atoms with van der Waals surface area (Å²) in [6.07, 6.45) is 0. The quantitative estimate of drug-likeness (QED) is 0.758. The highest BCUT2D eigenvalue weighted by Crippen LogP contribution is 2.30. The minimum absolute atomic E-state index is 0.288. The van der Waals surface area contributed by atoms with Crippen LogP contribution >= 0.6 is 11.6 Å². The molecule has 3 rings (SSSR count). The fourth-order valence-corrected chi connectivity index (χ4v) is 2.26. The number of para-hydroxylation sites is 1. The van der Waals surface area contributed by atoms with E-state index in [4.69, 9.17) is 21.8 Å². The molecule has 96 valence electrons. The number of fused-ring (bicyclic) bond motifs is 1. The first-order valence-corrected chi connectivity index (χ1v) is 6.22. The molecule has 0 aliphatic rings. The van der Waals surface area contributed by atoms with E-state index in [0.717, 1.165) is 10.9 Å². The first-order valence-electron chi connectivity index (χ1n) is 5.84. The third-order valence-corrected chi connectivity index (χ3v) is 3.35. The van der Waals surface area contributed by atoms with Crippen molar-refractivity contribution in [3.8, 4) is 0 Å². The smallest absolute Gasteiger partial charge is 0.152 e. The van der Waals surface area contributed by atoms with Crippen LogP contribution in [0.5, 0.6) is 0 Å². The van der Waals surface area contributed by atoms with Gasteiger partial charge in [-0.2, -0.15) is 0 Å². The zero-order chi connectivity index (χ0) is 13.4. The fraction of sp³-hybridized carbons (Fsp3) is 0.0667. The zero-order valence-electron chi connectivity index (χ0n) is 9.94. The van der Waals surface area contributed by atoms with Crippen molar-refractivity contribution in [1.82, 2.24) is 0 Å². The maximum Gasteiger partial charge on any atom is 0.152 e. The molecule has 1 unspecified atom stereocenters. The average Bonchev–Trinajstić information content (AvgIpc) is 2.84. The molecule has 0 radical (unpaired) electrons. The second kappa shape index (κ2) is 4.68. The average molecular weight is 276 g/mol. The first kappa shape index (κ1) is 12.2. The van der Waals surface area contributed by atoms with Crippen LogP contribution < -0.4 is 5.73 Å². The molecule has 3 aromatic rings. The van der Waals surface area contributed by atoms with E-state index in [-0.39, 0.29) is 5.82 Å². The van der Waals surface area contributed by atoms with Crippen molar-refractivity contribution in [3.63, 3.8) is 0 Å². The number of hydrogen-bond donors (Lipinski definition) is 1. The zero-order valence-corrected chi connectivity index (χ0v) is 10.7. The highest BCUT2D eigenvalue weighted by molar-refractivity contribution is 6.34. The summed E-state index contributed by atoms with van der Waals surface area (Å²) >= 11 is 6.06. The van der Waals surface area contributed by atoms with Gasteiger partial charge in [-0.15, -0.1) is 0 Å². The number of benzene rings is 2. The molecule has 2 aromatic carbocycles. The molecular formula is C15H11ClFNO. The Morgan fingerprint density at radius 3 is 2.53 bits per heavy atom. The topological polar surface area (TPSA) is 39.2 Å². The third-order valence-electron chi connectivity index (χ3n) is 3.05. The summed E-state index contributed by atoms with van der Waals surface area (Å²) in [5.41, 5.74) is 7.53. The molecule has 19 heavy (non-hydrogen) atoms. The highest BCUT2D eigenvalue weighted by atomic mass is 35.5. The molecule has 0 amide bonds. The van der Waals surface area contributed by atoms with E-state index in [1.807, 2.05) is 18.2 Å². The van der Waals surface area contributed by atoms with Crippen LogP contribution in [-0.2, 0) is 0 Å². The Labute approximate surface area is 114 Å². The SMILES string of the molecule is NC(c1ccc(F)cc1)c1cc2cccc(Cl)c2o1. The summed E-state index contributed by atoms with van der Waals surface area (Å²) in [6.45, 7) is 0. The Bertz CT molecular complexity index is 721. The van der Waals surface area contributed by atoms with E-state index in [1.54, 1.807) is 18.2 Å². The third kappa shape index (κ3) is 2.23. The van der Waals surface area contributed by atoms with Gasteiger partial charge in [-0.3, -0.25) is 0 Å². The van der Waals surface area contributed by atoms with Crippen LogP contribution in [0.2, 0.25) is 5.02 Å². The Balaban J connectivity index is 2.04. The van der Waals surface area contributed by atoms with Gasteiger partial charge in [0, 0.05) is 5.39 Å². The van der Waals surface area contributed by atoms with E-state index < -0.39 is 6.04 Å². The fourth-order valence-electron chi connectivity index (χ4n) is 2.04. The van der Waals surface area contributed by atoms with Gasteiger partial charge in [0.25, 0.3) is 0 Å². The molecule has 1 heterocycles. The Kier molecular flexibility index (Phi) is 3.01. The largest absolute Gasteiger partial charge is 0.457 e. The van der Waals surface area contributed by atoms with Crippen LogP contribution in [0.25, 0.3) is 11.0 Å². The first-order chi connectivity index (χ1) is 9.15. The number of nitrogens with two attached hydrogens (primary N) is 1. The van der Waals surface area contributed by atoms with Crippen molar-refractivity contribution in [2.24, 2.45) is 5.73 Å². The van der Waals surface area contributed by atoms with Crippen LogP contribution in [-0.4, -0.2) is 0 Å². The van der Waals surface area contributed by atoms with Gasteiger partial charge in [0.2, 0.25) is 0 Å². The van der Waals surface area contributed by atoms with Crippen molar-refractivity contribution < 1.29 is 8.81 Å². The van der Waals surface area contributed by atoms with Crippen molar-refractivity contribution in [2.75, 3.05) is 0 Å². The second-order valence-electron chi connectivity index (χ2n) is 4.34. The normalized spacial score (nSPS) is 12.8. The Hall–Kier alpha value is -1.84. The van der Waals surface area contributed by atoms with E-state index in [0.29, 0.717) is 16.4 Å². The lowest BCUT2D eigenvalue weighted by atomic mass is 10.1. The van der Waals surface area contributed by atoms with Crippen LogP contribution in [0.4, 0.5) is 4.39 Å². The van der Waals surface area contributed by atoms with Gasteiger partial charge in [-0.05, 0) is 29.8 Å². The van der Waals surface area contributed by atoms with Crippen LogP contribution in [0.1, 0.15) is 17.4 Å². The van der Waals surface area contributed by atoms with Gasteiger partial charge in [0.15, 0.2) is 5.58 Å². The highest BCUT2D eigenvalue weighted by Gasteiger charge is 2.15. The van der Waals surface area contributed by atoms with Crippen molar-refractivity contribution >= 4 is 22.6 Å². The molecule has 2 nitrogen and oxygen atoms in total. The Morgan fingerprint density at radius 1 is 1.11 bits per heavy atom. The molecule has 0 saturated heterocycles. The minimum atomic E-state index is -0.441. The summed E-state index contributed by atoms with van der Waals surface area (Å²) in [7, 11) is 0. The molecule has 0 saturated carbocycles. The second-order valence-corrected chi connectivity index (χ2v) is 4.74. The predicted molar refractivity (Wildman–Crippen MR) is 73.7 cm³/mol. The molecule has 0 spiro atoms. The van der Waals surface area contributed by atoms with E-state index >= 15 is 0 Å². The van der Waals surface area contributed by atoms with Gasteiger partial charge in [-0.25, -0.2) is 4.39 Å².